The van der Waals surface area contributed by atoms with Crippen molar-refractivity contribution in [1.29, 1.82) is 0 Å². The van der Waals surface area contributed by atoms with Crippen LogP contribution in [0.1, 0.15) is 39.5 Å². The zero-order valence-electron chi connectivity index (χ0n) is 7.89. The highest BCUT2D eigenvalue weighted by Crippen LogP contribution is 2.52. The Hall–Kier alpha value is -0.590. The van der Waals surface area contributed by atoms with Crippen LogP contribution in [0.3, 0.4) is 0 Å². The van der Waals surface area contributed by atoms with Gasteiger partial charge in [-0.05, 0) is 32.1 Å². The molecule has 2 rings (SSSR count). The fraction of sp³-hybridized carbons (Fsp3) is 0.727. The molecule has 0 aromatic heterocycles. The molecule has 1 saturated carbocycles. The van der Waals surface area contributed by atoms with Crippen LogP contribution in [-0.2, 0) is 4.79 Å². The number of rotatable bonds is 0. The molecule has 12 heavy (non-hydrogen) atoms. The van der Waals surface area contributed by atoms with E-state index in [1.807, 2.05) is 0 Å². The summed E-state index contributed by atoms with van der Waals surface area (Å²) in [6, 6.07) is 0. The Bertz CT molecular complexity index is 252. The molecule has 2 aliphatic carbocycles. The van der Waals surface area contributed by atoms with E-state index < -0.39 is 0 Å². The summed E-state index contributed by atoms with van der Waals surface area (Å²) in [4.78, 5) is 11.8. The van der Waals surface area contributed by atoms with E-state index in [1.165, 1.54) is 5.57 Å². The third-order valence-electron chi connectivity index (χ3n) is 3.84. The predicted molar refractivity (Wildman–Crippen MR) is 48.8 cm³/mol. The fourth-order valence-corrected chi connectivity index (χ4v) is 2.98. The van der Waals surface area contributed by atoms with Crippen molar-refractivity contribution >= 4 is 5.78 Å². The van der Waals surface area contributed by atoms with Crippen molar-refractivity contribution in [2.24, 2.45) is 11.3 Å². The molecular formula is C11H16O. The van der Waals surface area contributed by atoms with Crippen LogP contribution in [0.4, 0.5) is 0 Å². The van der Waals surface area contributed by atoms with Gasteiger partial charge in [-0.15, -0.1) is 0 Å². The van der Waals surface area contributed by atoms with Gasteiger partial charge in [0, 0.05) is 6.42 Å². The summed E-state index contributed by atoms with van der Waals surface area (Å²) in [6.07, 6.45) is 6.36. The minimum absolute atomic E-state index is 0.0139. The Morgan fingerprint density at radius 3 is 2.75 bits per heavy atom. The zero-order valence-corrected chi connectivity index (χ0v) is 7.89. The molecule has 0 radical (unpaired) electrons. The summed E-state index contributed by atoms with van der Waals surface area (Å²) >= 11 is 0. The van der Waals surface area contributed by atoms with Gasteiger partial charge < -0.3 is 0 Å². The number of carbonyl (C=O) groups is 1. The van der Waals surface area contributed by atoms with E-state index in [-0.39, 0.29) is 5.41 Å². The number of allylic oxidation sites excluding steroid dienone is 2. The molecule has 1 nitrogen and oxygen atoms in total. The second-order valence-corrected chi connectivity index (χ2v) is 4.26. The van der Waals surface area contributed by atoms with E-state index in [4.69, 9.17) is 0 Å². The topological polar surface area (TPSA) is 17.1 Å². The average molecular weight is 164 g/mol. The number of hydrogen-bond donors (Lipinski definition) is 0. The molecule has 1 fully saturated rings. The summed E-state index contributed by atoms with van der Waals surface area (Å²) in [5, 5.41) is 0. The molecule has 0 heterocycles. The van der Waals surface area contributed by atoms with E-state index in [1.54, 1.807) is 0 Å². The van der Waals surface area contributed by atoms with Crippen molar-refractivity contribution < 1.29 is 4.79 Å². The molecule has 0 bridgehead atoms. The molecule has 66 valence electrons. The molecule has 2 atom stereocenters. The highest BCUT2D eigenvalue weighted by molar-refractivity contribution is 5.90. The van der Waals surface area contributed by atoms with Crippen LogP contribution in [0.25, 0.3) is 0 Å². The number of ketones is 1. The smallest absolute Gasteiger partial charge is 0.143 e. The molecule has 0 N–H and O–H groups in total. The third kappa shape index (κ3) is 0.769. The fourth-order valence-electron chi connectivity index (χ4n) is 2.98. The van der Waals surface area contributed by atoms with E-state index in [0.29, 0.717) is 11.7 Å². The van der Waals surface area contributed by atoms with Gasteiger partial charge in [0.25, 0.3) is 0 Å². The average Bonchev–Trinajstić information content (AvgIpc) is 2.53. The van der Waals surface area contributed by atoms with Gasteiger partial charge in [0.2, 0.25) is 0 Å². The Morgan fingerprint density at radius 1 is 1.58 bits per heavy atom. The Labute approximate surface area is 73.8 Å². The van der Waals surface area contributed by atoms with E-state index >= 15 is 0 Å². The monoisotopic (exact) mass is 164 g/mol. The van der Waals surface area contributed by atoms with E-state index in [0.717, 1.165) is 25.7 Å². The van der Waals surface area contributed by atoms with Crippen molar-refractivity contribution in [3.63, 3.8) is 0 Å². The summed E-state index contributed by atoms with van der Waals surface area (Å²) < 4.78 is 0. The summed E-state index contributed by atoms with van der Waals surface area (Å²) in [5.41, 5.74) is 1.33. The van der Waals surface area contributed by atoms with Crippen LogP contribution < -0.4 is 0 Å². The molecular weight excluding hydrogens is 148 g/mol. The number of carbonyl (C=O) groups excluding carboxylic acids is 1. The first-order chi connectivity index (χ1) is 5.68. The first kappa shape index (κ1) is 8.03. The van der Waals surface area contributed by atoms with E-state index in [9.17, 15) is 4.79 Å². The molecule has 1 heteroatoms. The molecule has 1 spiro atoms. The SMILES string of the molecule is CC1=CCC[C@]12C(=O)CC[C@@H]2C. The van der Waals surface area contributed by atoms with Crippen LogP contribution >= 0.6 is 0 Å². The molecule has 2 aliphatic rings. The lowest BCUT2D eigenvalue weighted by molar-refractivity contribution is -0.125. The Morgan fingerprint density at radius 2 is 2.33 bits per heavy atom. The molecule has 0 aromatic carbocycles. The van der Waals surface area contributed by atoms with Crippen molar-refractivity contribution in [2.75, 3.05) is 0 Å². The van der Waals surface area contributed by atoms with Crippen molar-refractivity contribution in [2.45, 2.75) is 39.5 Å². The number of Topliss-reactive ketones (excluding diaryl/α,β-unsaturated/α-hetero) is 1. The van der Waals surface area contributed by atoms with Crippen LogP contribution in [0.2, 0.25) is 0 Å². The second-order valence-electron chi connectivity index (χ2n) is 4.26. The van der Waals surface area contributed by atoms with Gasteiger partial charge in [0.1, 0.15) is 5.78 Å². The van der Waals surface area contributed by atoms with Gasteiger partial charge in [-0.3, -0.25) is 4.79 Å². The zero-order chi connectivity index (χ0) is 8.77. The van der Waals surface area contributed by atoms with Crippen molar-refractivity contribution in [1.82, 2.24) is 0 Å². The van der Waals surface area contributed by atoms with Crippen LogP contribution in [0.15, 0.2) is 11.6 Å². The second kappa shape index (κ2) is 2.45. The standard InChI is InChI=1S/C11H16O/c1-8-4-3-7-11(8)9(2)5-6-10(11)12/h4,9H,3,5-7H2,1-2H3/t9-,11-/m0/s1. The summed E-state index contributed by atoms with van der Waals surface area (Å²) in [7, 11) is 0. The lowest BCUT2D eigenvalue weighted by atomic mass is 9.73. The quantitative estimate of drug-likeness (QED) is 0.503. The van der Waals surface area contributed by atoms with Gasteiger partial charge in [-0.25, -0.2) is 0 Å². The molecule has 0 unspecified atom stereocenters. The lowest BCUT2D eigenvalue weighted by Crippen LogP contribution is -2.29. The Kier molecular flexibility index (Phi) is 1.64. The largest absolute Gasteiger partial charge is 0.299 e. The van der Waals surface area contributed by atoms with Gasteiger partial charge >= 0.3 is 0 Å². The summed E-state index contributed by atoms with van der Waals surface area (Å²) in [6.45, 7) is 4.36. The maximum Gasteiger partial charge on any atom is 0.143 e. The normalized spacial score (nSPS) is 41.0. The number of hydrogen-bond acceptors (Lipinski definition) is 1. The summed E-state index contributed by atoms with van der Waals surface area (Å²) in [5.74, 6) is 1.09. The minimum atomic E-state index is -0.0139. The Balaban J connectivity index is 2.41. The first-order valence-electron chi connectivity index (χ1n) is 4.88. The van der Waals surface area contributed by atoms with Gasteiger partial charge in [0.05, 0.1) is 5.41 Å². The van der Waals surface area contributed by atoms with Crippen molar-refractivity contribution in [3.8, 4) is 0 Å². The lowest BCUT2D eigenvalue weighted by Gasteiger charge is -2.29. The van der Waals surface area contributed by atoms with Gasteiger partial charge in [-0.1, -0.05) is 18.6 Å². The third-order valence-corrected chi connectivity index (χ3v) is 3.84. The van der Waals surface area contributed by atoms with Crippen LogP contribution in [-0.4, -0.2) is 5.78 Å². The molecule has 0 aliphatic heterocycles. The highest BCUT2D eigenvalue weighted by Gasteiger charge is 2.49. The van der Waals surface area contributed by atoms with Crippen LogP contribution in [0, 0.1) is 11.3 Å². The first-order valence-corrected chi connectivity index (χ1v) is 4.88. The molecule has 0 aromatic rings. The predicted octanol–water partition coefficient (Wildman–Crippen LogP) is 2.71. The van der Waals surface area contributed by atoms with Gasteiger partial charge in [0.15, 0.2) is 0 Å². The highest BCUT2D eigenvalue weighted by atomic mass is 16.1. The van der Waals surface area contributed by atoms with Crippen LogP contribution in [0.5, 0.6) is 0 Å². The van der Waals surface area contributed by atoms with Crippen molar-refractivity contribution in [3.05, 3.63) is 11.6 Å². The van der Waals surface area contributed by atoms with E-state index in [2.05, 4.69) is 19.9 Å². The van der Waals surface area contributed by atoms with Gasteiger partial charge in [-0.2, -0.15) is 0 Å². The molecule has 0 saturated heterocycles. The maximum absolute atomic E-state index is 11.8. The maximum atomic E-state index is 11.8. The molecule has 0 amide bonds. The minimum Gasteiger partial charge on any atom is -0.299 e.